The minimum Gasteiger partial charge on any atom is -0.481 e. The fourth-order valence-electron chi connectivity index (χ4n) is 5.33. The summed E-state index contributed by atoms with van der Waals surface area (Å²) in [5.41, 5.74) is -0.175. The Morgan fingerprint density at radius 1 is 1.32 bits per heavy atom. The summed E-state index contributed by atoms with van der Waals surface area (Å²) in [7, 11) is 0. The third-order valence-electron chi connectivity index (χ3n) is 7.17. The van der Waals surface area contributed by atoms with E-state index in [9.17, 15) is 19.8 Å². The Hall–Kier alpha value is -1.36. The normalized spacial score (nSPS) is 39.2. The predicted octanol–water partition coefficient (Wildman–Crippen LogP) is 3.71. The van der Waals surface area contributed by atoms with Gasteiger partial charge in [-0.2, -0.15) is 0 Å². The van der Waals surface area contributed by atoms with Gasteiger partial charge in [-0.25, -0.2) is 4.79 Å². The summed E-state index contributed by atoms with van der Waals surface area (Å²) >= 11 is 0. The van der Waals surface area contributed by atoms with Crippen molar-refractivity contribution in [3.8, 4) is 0 Å². The molecule has 6 atom stereocenters. The summed E-state index contributed by atoms with van der Waals surface area (Å²) in [6.07, 6.45) is 5.01. The van der Waals surface area contributed by atoms with E-state index < -0.39 is 23.5 Å². The molecule has 1 fully saturated rings. The van der Waals surface area contributed by atoms with E-state index in [0.29, 0.717) is 17.9 Å². The maximum atomic E-state index is 11.8. The zero-order valence-corrected chi connectivity index (χ0v) is 15.8. The molecule has 0 aliphatic heterocycles. The molecule has 0 saturated heterocycles. The van der Waals surface area contributed by atoms with E-state index in [1.54, 1.807) is 0 Å². The van der Waals surface area contributed by atoms with Crippen molar-refractivity contribution in [1.82, 2.24) is 0 Å². The quantitative estimate of drug-likeness (QED) is 0.677. The molecule has 3 N–H and O–H groups in total. The predicted molar refractivity (Wildman–Crippen MR) is 95.1 cm³/mol. The van der Waals surface area contributed by atoms with Crippen LogP contribution >= 0.6 is 0 Å². The standard InChI is InChI=1S/C20H32O5/c1-12(9-17(22)23)5-7-19(3)13(2)6-8-20(4)15(18(24)25)10-14(21)11-16(19)20/h10,12-14,16,21H,5-9,11H2,1-4H3,(H,22,23)(H,24,25)/t12-,13-,14-,16-,19+,20+/m1/s1. The lowest BCUT2D eigenvalue weighted by Crippen LogP contribution is -2.53. The number of hydrogen-bond donors (Lipinski definition) is 3. The average molecular weight is 352 g/mol. The van der Waals surface area contributed by atoms with Crippen LogP contribution < -0.4 is 0 Å². The molecule has 0 bridgehead atoms. The molecule has 0 heterocycles. The number of carbonyl (C=O) groups is 2. The molecule has 1 saturated carbocycles. The molecule has 0 radical (unpaired) electrons. The topological polar surface area (TPSA) is 94.8 Å². The maximum Gasteiger partial charge on any atom is 0.331 e. The Balaban J connectivity index is 2.29. The van der Waals surface area contributed by atoms with E-state index in [1.807, 2.05) is 13.8 Å². The third kappa shape index (κ3) is 3.76. The zero-order valence-electron chi connectivity index (χ0n) is 15.8. The number of aliphatic hydroxyl groups is 1. The molecular formula is C20H32O5. The SMILES string of the molecule is C[C@H](CC[C@@]1(C)[C@H](C)CC[C@@]2(C)C(C(=O)O)=C[C@@H](O)C[C@H]12)CC(=O)O. The van der Waals surface area contributed by atoms with E-state index >= 15 is 0 Å². The first-order valence-electron chi connectivity index (χ1n) is 9.36. The second-order valence-corrected chi connectivity index (χ2v) is 8.85. The van der Waals surface area contributed by atoms with Crippen molar-refractivity contribution >= 4 is 11.9 Å². The fraction of sp³-hybridized carbons (Fsp3) is 0.800. The highest BCUT2D eigenvalue weighted by atomic mass is 16.4. The number of carboxylic acids is 2. The van der Waals surface area contributed by atoms with Crippen LogP contribution in [0.3, 0.4) is 0 Å². The van der Waals surface area contributed by atoms with Crippen molar-refractivity contribution in [2.24, 2.45) is 28.6 Å². The molecule has 0 aromatic carbocycles. The van der Waals surface area contributed by atoms with Gasteiger partial charge in [-0.15, -0.1) is 0 Å². The highest BCUT2D eigenvalue weighted by molar-refractivity contribution is 5.88. The van der Waals surface area contributed by atoms with Crippen molar-refractivity contribution < 1.29 is 24.9 Å². The van der Waals surface area contributed by atoms with Crippen LogP contribution in [0.25, 0.3) is 0 Å². The van der Waals surface area contributed by atoms with Gasteiger partial charge in [-0.3, -0.25) is 4.79 Å². The van der Waals surface area contributed by atoms with Crippen LogP contribution in [0.5, 0.6) is 0 Å². The molecule has 2 aliphatic rings. The van der Waals surface area contributed by atoms with Gasteiger partial charge in [0.1, 0.15) is 0 Å². The van der Waals surface area contributed by atoms with Gasteiger partial charge in [0, 0.05) is 17.4 Å². The van der Waals surface area contributed by atoms with Crippen LogP contribution in [0.2, 0.25) is 0 Å². The zero-order chi connectivity index (χ0) is 19.0. The van der Waals surface area contributed by atoms with E-state index in [1.165, 1.54) is 6.08 Å². The molecule has 0 spiro atoms. The van der Waals surface area contributed by atoms with Gasteiger partial charge in [-0.1, -0.05) is 27.7 Å². The first-order chi connectivity index (χ1) is 11.5. The van der Waals surface area contributed by atoms with E-state index in [2.05, 4.69) is 13.8 Å². The van der Waals surface area contributed by atoms with Crippen LogP contribution in [-0.4, -0.2) is 33.4 Å². The number of hydrogen-bond acceptors (Lipinski definition) is 3. The van der Waals surface area contributed by atoms with Crippen molar-refractivity contribution in [3.05, 3.63) is 11.6 Å². The monoisotopic (exact) mass is 352 g/mol. The molecule has 2 aliphatic carbocycles. The molecule has 2 rings (SSSR count). The Morgan fingerprint density at radius 2 is 1.96 bits per heavy atom. The second kappa shape index (κ2) is 7.10. The lowest BCUT2D eigenvalue weighted by Gasteiger charge is -2.58. The molecule has 0 unspecified atom stereocenters. The average Bonchev–Trinajstić information content (AvgIpc) is 2.50. The number of rotatable bonds is 6. The van der Waals surface area contributed by atoms with Crippen LogP contribution in [0, 0.1) is 28.6 Å². The summed E-state index contributed by atoms with van der Waals surface area (Å²) in [5, 5.41) is 28.9. The van der Waals surface area contributed by atoms with Crippen LogP contribution in [0.1, 0.15) is 66.2 Å². The number of aliphatic hydroxyl groups excluding tert-OH is 1. The van der Waals surface area contributed by atoms with Crippen molar-refractivity contribution in [3.63, 3.8) is 0 Å². The smallest absolute Gasteiger partial charge is 0.331 e. The van der Waals surface area contributed by atoms with Gasteiger partial charge in [0.2, 0.25) is 0 Å². The number of fused-ring (bicyclic) bond motifs is 1. The van der Waals surface area contributed by atoms with Crippen molar-refractivity contribution in [1.29, 1.82) is 0 Å². The largest absolute Gasteiger partial charge is 0.481 e. The first-order valence-corrected chi connectivity index (χ1v) is 9.36. The summed E-state index contributed by atoms with van der Waals surface area (Å²) in [6, 6.07) is 0. The maximum absolute atomic E-state index is 11.8. The molecule has 0 aromatic heterocycles. The first kappa shape index (κ1) is 20.0. The molecule has 25 heavy (non-hydrogen) atoms. The molecular weight excluding hydrogens is 320 g/mol. The van der Waals surface area contributed by atoms with Crippen LogP contribution in [0.4, 0.5) is 0 Å². The van der Waals surface area contributed by atoms with Gasteiger partial charge in [-0.05, 0) is 61.3 Å². The third-order valence-corrected chi connectivity index (χ3v) is 7.17. The molecule has 5 heteroatoms. The van der Waals surface area contributed by atoms with E-state index in [4.69, 9.17) is 5.11 Å². The van der Waals surface area contributed by atoms with Gasteiger partial charge in [0.25, 0.3) is 0 Å². The lowest BCUT2D eigenvalue weighted by atomic mass is 9.46. The Kier molecular flexibility index (Phi) is 5.67. The Labute approximate surface area is 150 Å². The summed E-state index contributed by atoms with van der Waals surface area (Å²) in [5.74, 6) is -1.10. The summed E-state index contributed by atoms with van der Waals surface area (Å²) < 4.78 is 0. The summed E-state index contributed by atoms with van der Waals surface area (Å²) in [4.78, 5) is 22.7. The van der Waals surface area contributed by atoms with Crippen LogP contribution in [0.15, 0.2) is 11.6 Å². The Bertz CT molecular complexity index is 568. The Morgan fingerprint density at radius 3 is 2.52 bits per heavy atom. The molecule has 5 nitrogen and oxygen atoms in total. The minimum absolute atomic E-state index is 0.0897. The van der Waals surface area contributed by atoms with Crippen molar-refractivity contribution in [2.45, 2.75) is 72.3 Å². The van der Waals surface area contributed by atoms with Gasteiger partial charge in [0.15, 0.2) is 0 Å². The van der Waals surface area contributed by atoms with Crippen LogP contribution in [-0.2, 0) is 9.59 Å². The highest BCUT2D eigenvalue weighted by Gasteiger charge is 2.56. The van der Waals surface area contributed by atoms with Gasteiger partial charge < -0.3 is 15.3 Å². The van der Waals surface area contributed by atoms with Crippen molar-refractivity contribution in [2.75, 3.05) is 0 Å². The highest BCUT2D eigenvalue weighted by Crippen LogP contribution is 2.62. The fourth-order valence-corrected chi connectivity index (χ4v) is 5.33. The minimum atomic E-state index is -0.928. The molecule has 142 valence electrons. The summed E-state index contributed by atoms with van der Waals surface area (Å²) in [6.45, 7) is 8.42. The second-order valence-electron chi connectivity index (χ2n) is 8.85. The molecule has 0 aromatic rings. The van der Waals surface area contributed by atoms with E-state index in [0.717, 1.165) is 25.7 Å². The van der Waals surface area contributed by atoms with E-state index in [-0.39, 0.29) is 23.7 Å². The van der Waals surface area contributed by atoms with Gasteiger partial charge >= 0.3 is 11.9 Å². The lowest BCUT2D eigenvalue weighted by molar-refractivity contribution is -0.140. The number of carboxylic acid groups (broad SMARTS) is 2. The molecule has 0 amide bonds. The number of aliphatic carboxylic acids is 2. The van der Waals surface area contributed by atoms with Gasteiger partial charge in [0.05, 0.1) is 6.10 Å².